The molecule has 0 aliphatic carbocycles. The van der Waals surface area contributed by atoms with E-state index in [0.717, 1.165) is 63.2 Å². The lowest BCUT2D eigenvalue weighted by Crippen LogP contribution is -2.43. The molecule has 1 aromatic heterocycles. The molecule has 5 nitrogen and oxygen atoms in total. The fourth-order valence-corrected chi connectivity index (χ4v) is 4.05. The fourth-order valence-electron chi connectivity index (χ4n) is 4.05. The second kappa shape index (κ2) is 7.95. The van der Waals surface area contributed by atoms with Gasteiger partial charge in [-0.1, -0.05) is 13.8 Å². The lowest BCUT2D eigenvalue weighted by molar-refractivity contribution is -0.136. The van der Waals surface area contributed by atoms with Crippen molar-refractivity contribution in [3.05, 3.63) is 18.5 Å². The lowest BCUT2D eigenvalue weighted by Gasteiger charge is -2.34. The minimum absolute atomic E-state index is 0.181. The first-order chi connectivity index (χ1) is 11.6. The van der Waals surface area contributed by atoms with Gasteiger partial charge >= 0.3 is 0 Å². The van der Waals surface area contributed by atoms with Crippen LogP contribution in [0, 0.1) is 17.8 Å². The Bertz CT molecular complexity index is 525. The molecule has 2 saturated heterocycles. The molecular weight excluding hydrogens is 300 g/mol. The van der Waals surface area contributed by atoms with Crippen LogP contribution < -0.4 is 4.90 Å². The summed E-state index contributed by atoms with van der Waals surface area (Å²) < 4.78 is 0. The van der Waals surface area contributed by atoms with Gasteiger partial charge in [0, 0.05) is 44.5 Å². The molecule has 0 N–H and O–H groups in total. The Morgan fingerprint density at radius 1 is 1.04 bits per heavy atom. The van der Waals surface area contributed by atoms with E-state index in [-0.39, 0.29) is 5.92 Å². The zero-order valence-electron chi connectivity index (χ0n) is 15.0. The zero-order valence-corrected chi connectivity index (χ0v) is 15.0. The molecule has 1 aromatic rings. The minimum atomic E-state index is 0.181. The summed E-state index contributed by atoms with van der Waals surface area (Å²) in [5.41, 5.74) is 0. The fraction of sp³-hybridized carbons (Fsp3) is 0.737. The van der Waals surface area contributed by atoms with Crippen molar-refractivity contribution < 1.29 is 4.79 Å². The number of amides is 1. The molecule has 0 bridgehead atoms. The summed E-state index contributed by atoms with van der Waals surface area (Å²) in [6.07, 6.45) is 8.99. The van der Waals surface area contributed by atoms with E-state index < -0.39 is 0 Å². The molecule has 24 heavy (non-hydrogen) atoms. The first kappa shape index (κ1) is 17.2. The standard InChI is InChI=1S/C19H30N4O/c1-15(2)16-5-3-11-22(12-6-16)18(24)17-7-13-23(14-8-17)19-20-9-4-10-21-19/h4,9-10,15-17H,3,5-8,11-14H2,1-2H3. The quantitative estimate of drug-likeness (QED) is 0.855. The third-order valence-corrected chi connectivity index (χ3v) is 5.71. The first-order valence-electron chi connectivity index (χ1n) is 9.46. The Kier molecular flexibility index (Phi) is 5.69. The summed E-state index contributed by atoms with van der Waals surface area (Å²) >= 11 is 0. The number of nitrogens with zero attached hydrogens (tertiary/aromatic N) is 4. The van der Waals surface area contributed by atoms with Gasteiger partial charge < -0.3 is 9.80 Å². The number of carbonyl (C=O) groups excluding carboxylic acids is 1. The second-order valence-corrected chi connectivity index (χ2v) is 7.57. The van der Waals surface area contributed by atoms with Crippen molar-refractivity contribution in [3.63, 3.8) is 0 Å². The van der Waals surface area contributed by atoms with Crippen LogP contribution in [0.5, 0.6) is 0 Å². The molecule has 0 aromatic carbocycles. The largest absolute Gasteiger partial charge is 0.342 e. The van der Waals surface area contributed by atoms with Gasteiger partial charge in [0.15, 0.2) is 0 Å². The molecule has 1 atom stereocenters. The van der Waals surface area contributed by atoms with Gasteiger partial charge in [0.05, 0.1) is 0 Å². The van der Waals surface area contributed by atoms with Crippen LogP contribution in [0.25, 0.3) is 0 Å². The van der Waals surface area contributed by atoms with Crippen molar-refractivity contribution in [2.45, 2.75) is 46.0 Å². The topological polar surface area (TPSA) is 49.3 Å². The molecule has 0 spiro atoms. The van der Waals surface area contributed by atoms with Crippen LogP contribution in [-0.4, -0.2) is 47.0 Å². The van der Waals surface area contributed by atoms with Gasteiger partial charge in [-0.15, -0.1) is 0 Å². The van der Waals surface area contributed by atoms with Crippen LogP contribution in [0.3, 0.4) is 0 Å². The normalized spacial score (nSPS) is 23.4. The Morgan fingerprint density at radius 3 is 2.42 bits per heavy atom. The van der Waals surface area contributed by atoms with Crippen molar-refractivity contribution in [1.82, 2.24) is 14.9 Å². The first-order valence-corrected chi connectivity index (χ1v) is 9.46. The second-order valence-electron chi connectivity index (χ2n) is 7.57. The zero-order chi connectivity index (χ0) is 16.9. The molecule has 3 heterocycles. The van der Waals surface area contributed by atoms with Crippen LogP contribution in [0.15, 0.2) is 18.5 Å². The number of hydrogen-bond donors (Lipinski definition) is 0. The van der Waals surface area contributed by atoms with Crippen molar-refractivity contribution in [2.24, 2.45) is 17.8 Å². The van der Waals surface area contributed by atoms with E-state index in [1.807, 2.05) is 6.07 Å². The van der Waals surface area contributed by atoms with E-state index in [9.17, 15) is 4.79 Å². The van der Waals surface area contributed by atoms with E-state index in [0.29, 0.717) is 5.91 Å². The molecule has 132 valence electrons. The SMILES string of the molecule is CC(C)C1CCCN(C(=O)C2CCN(c3ncccn3)CC2)CC1. The van der Waals surface area contributed by atoms with Gasteiger partial charge in [-0.25, -0.2) is 9.97 Å². The molecule has 2 aliphatic heterocycles. The van der Waals surface area contributed by atoms with E-state index >= 15 is 0 Å². The van der Waals surface area contributed by atoms with E-state index in [1.165, 1.54) is 12.8 Å². The monoisotopic (exact) mass is 330 g/mol. The Morgan fingerprint density at radius 2 is 1.75 bits per heavy atom. The number of likely N-dealkylation sites (tertiary alicyclic amines) is 1. The highest BCUT2D eigenvalue weighted by molar-refractivity contribution is 5.79. The minimum Gasteiger partial charge on any atom is -0.342 e. The summed E-state index contributed by atoms with van der Waals surface area (Å²) in [7, 11) is 0. The van der Waals surface area contributed by atoms with Crippen molar-refractivity contribution in [2.75, 3.05) is 31.1 Å². The number of anilines is 1. The van der Waals surface area contributed by atoms with Crippen molar-refractivity contribution in [3.8, 4) is 0 Å². The van der Waals surface area contributed by atoms with Gasteiger partial charge in [-0.05, 0) is 50.0 Å². The number of hydrogen-bond acceptors (Lipinski definition) is 4. The number of piperidine rings is 1. The van der Waals surface area contributed by atoms with Gasteiger partial charge in [0.2, 0.25) is 11.9 Å². The van der Waals surface area contributed by atoms with Crippen LogP contribution in [-0.2, 0) is 4.79 Å². The Balaban J connectivity index is 1.52. The molecular formula is C19H30N4O. The molecule has 0 radical (unpaired) electrons. The van der Waals surface area contributed by atoms with E-state index in [1.54, 1.807) is 12.4 Å². The van der Waals surface area contributed by atoms with Gasteiger partial charge in [0.1, 0.15) is 0 Å². The molecule has 5 heteroatoms. The highest BCUT2D eigenvalue weighted by Gasteiger charge is 2.30. The summed E-state index contributed by atoms with van der Waals surface area (Å²) in [4.78, 5) is 25.9. The van der Waals surface area contributed by atoms with E-state index in [2.05, 4.69) is 33.6 Å². The Labute approximate surface area is 145 Å². The predicted octanol–water partition coefficient (Wildman–Crippen LogP) is 2.98. The van der Waals surface area contributed by atoms with E-state index in [4.69, 9.17) is 0 Å². The molecule has 1 unspecified atom stereocenters. The van der Waals surface area contributed by atoms with Gasteiger partial charge in [-0.3, -0.25) is 4.79 Å². The predicted molar refractivity (Wildman–Crippen MR) is 95.7 cm³/mol. The molecule has 2 fully saturated rings. The highest BCUT2D eigenvalue weighted by atomic mass is 16.2. The molecule has 1 amide bonds. The summed E-state index contributed by atoms with van der Waals surface area (Å²) in [6, 6.07) is 1.84. The molecule has 0 saturated carbocycles. The summed E-state index contributed by atoms with van der Waals surface area (Å²) in [5.74, 6) is 2.86. The van der Waals surface area contributed by atoms with Crippen molar-refractivity contribution >= 4 is 11.9 Å². The summed E-state index contributed by atoms with van der Waals surface area (Å²) in [5, 5.41) is 0. The average Bonchev–Trinajstić information content (AvgIpc) is 2.88. The van der Waals surface area contributed by atoms with Crippen LogP contribution >= 0.6 is 0 Å². The molecule has 3 rings (SSSR count). The van der Waals surface area contributed by atoms with Gasteiger partial charge in [-0.2, -0.15) is 0 Å². The summed E-state index contributed by atoms with van der Waals surface area (Å²) in [6.45, 7) is 8.27. The number of carbonyl (C=O) groups is 1. The third kappa shape index (κ3) is 4.05. The smallest absolute Gasteiger partial charge is 0.225 e. The van der Waals surface area contributed by atoms with Crippen LogP contribution in [0.4, 0.5) is 5.95 Å². The maximum atomic E-state index is 12.9. The lowest BCUT2D eigenvalue weighted by atomic mass is 9.89. The maximum Gasteiger partial charge on any atom is 0.225 e. The molecule has 2 aliphatic rings. The average molecular weight is 330 g/mol. The maximum absolute atomic E-state index is 12.9. The van der Waals surface area contributed by atoms with Crippen LogP contribution in [0.1, 0.15) is 46.0 Å². The number of aromatic nitrogens is 2. The highest BCUT2D eigenvalue weighted by Crippen LogP contribution is 2.27. The van der Waals surface area contributed by atoms with Crippen molar-refractivity contribution in [1.29, 1.82) is 0 Å². The Hall–Kier alpha value is -1.65. The van der Waals surface area contributed by atoms with Crippen LogP contribution in [0.2, 0.25) is 0 Å². The van der Waals surface area contributed by atoms with Gasteiger partial charge in [0.25, 0.3) is 0 Å². The third-order valence-electron chi connectivity index (χ3n) is 5.71. The number of rotatable bonds is 3.